The smallest absolute Gasteiger partial charge is 0.224 e. The van der Waals surface area contributed by atoms with Crippen LogP contribution in [0.4, 0.5) is 0 Å². The van der Waals surface area contributed by atoms with Crippen LogP contribution < -0.4 is 5.32 Å². The van der Waals surface area contributed by atoms with Crippen LogP contribution >= 0.6 is 0 Å². The van der Waals surface area contributed by atoms with Crippen molar-refractivity contribution in [3.8, 4) is 0 Å². The fourth-order valence-corrected chi connectivity index (χ4v) is 3.77. The summed E-state index contributed by atoms with van der Waals surface area (Å²) in [5, 5.41) is 3.62. The molecular weight excluding hydrogens is 226 g/mol. The third kappa shape index (κ3) is 2.54. The van der Waals surface area contributed by atoms with Crippen molar-refractivity contribution in [3.05, 3.63) is 0 Å². The van der Waals surface area contributed by atoms with E-state index in [1.807, 2.05) is 0 Å². The molecule has 0 aromatic rings. The zero-order valence-corrected chi connectivity index (χ0v) is 11.2. The van der Waals surface area contributed by atoms with Gasteiger partial charge in [0.25, 0.3) is 0 Å². The molecule has 102 valence electrons. The lowest BCUT2D eigenvalue weighted by Gasteiger charge is -2.21. The predicted octanol–water partition coefficient (Wildman–Crippen LogP) is 0.825. The summed E-state index contributed by atoms with van der Waals surface area (Å²) in [5.74, 6) is 0.370. The Balaban J connectivity index is 1.37. The monoisotopic (exact) mass is 251 g/mol. The second kappa shape index (κ2) is 5.57. The van der Waals surface area contributed by atoms with E-state index in [1.165, 1.54) is 51.7 Å². The number of carbonyl (C=O) groups excluding carboxylic acids is 1. The molecule has 3 aliphatic rings. The van der Waals surface area contributed by atoms with Gasteiger partial charge in [-0.2, -0.15) is 0 Å². The lowest BCUT2D eigenvalue weighted by atomic mass is 10.1. The van der Waals surface area contributed by atoms with Crippen LogP contribution in [-0.2, 0) is 4.79 Å². The van der Waals surface area contributed by atoms with Crippen LogP contribution in [0.25, 0.3) is 0 Å². The van der Waals surface area contributed by atoms with Crippen molar-refractivity contribution in [2.45, 2.75) is 50.6 Å². The SMILES string of the molecule is O=C1CC(NCCCN2CCCC2)C2CCCN12. The Morgan fingerprint density at radius 1 is 1.17 bits per heavy atom. The number of carbonyl (C=O) groups is 1. The Hall–Kier alpha value is -0.610. The minimum Gasteiger partial charge on any atom is -0.338 e. The van der Waals surface area contributed by atoms with Gasteiger partial charge in [0.05, 0.1) is 0 Å². The van der Waals surface area contributed by atoms with E-state index in [-0.39, 0.29) is 0 Å². The number of nitrogens with zero attached hydrogens (tertiary/aromatic N) is 2. The van der Waals surface area contributed by atoms with E-state index in [4.69, 9.17) is 0 Å². The van der Waals surface area contributed by atoms with E-state index in [1.54, 1.807) is 0 Å². The third-order valence-electron chi connectivity index (χ3n) is 4.73. The van der Waals surface area contributed by atoms with Gasteiger partial charge in [0.1, 0.15) is 0 Å². The number of rotatable bonds is 5. The average Bonchev–Trinajstić information content (AvgIpc) is 3.05. The molecule has 0 radical (unpaired) electrons. The molecule has 1 N–H and O–H groups in total. The first-order valence-corrected chi connectivity index (χ1v) is 7.60. The van der Waals surface area contributed by atoms with Crippen LogP contribution in [-0.4, -0.2) is 60.5 Å². The second-order valence-corrected chi connectivity index (χ2v) is 5.96. The molecule has 3 rings (SSSR count). The maximum Gasteiger partial charge on any atom is 0.224 e. The van der Waals surface area contributed by atoms with Crippen LogP contribution in [0, 0.1) is 0 Å². The molecule has 18 heavy (non-hydrogen) atoms. The van der Waals surface area contributed by atoms with Crippen molar-refractivity contribution in [3.63, 3.8) is 0 Å². The summed E-state index contributed by atoms with van der Waals surface area (Å²) in [7, 11) is 0. The average molecular weight is 251 g/mol. The Morgan fingerprint density at radius 3 is 2.83 bits per heavy atom. The molecular formula is C14H25N3O. The van der Waals surface area contributed by atoms with Gasteiger partial charge in [-0.05, 0) is 58.3 Å². The maximum absolute atomic E-state index is 11.8. The lowest BCUT2D eigenvalue weighted by molar-refractivity contribution is -0.127. The molecule has 3 heterocycles. The molecule has 3 saturated heterocycles. The third-order valence-corrected chi connectivity index (χ3v) is 4.73. The van der Waals surface area contributed by atoms with E-state index < -0.39 is 0 Å². The van der Waals surface area contributed by atoms with Gasteiger partial charge in [0.2, 0.25) is 5.91 Å². The molecule has 2 unspecified atom stereocenters. The van der Waals surface area contributed by atoms with Gasteiger partial charge in [-0.1, -0.05) is 0 Å². The highest BCUT2D eigenvalue weighted by molar-refractivity contribution is 5.80. The van der Waals surface area contributed by atoms with Crippen molar-refractivity contribution < 1.29 is 4.79 Å². The first kappa shape index (κ1) is 12.4. The fourth-order valence-electron chi connectivity index (χ4n) is 3.77. The number of hydrogen-bond donors (Lipinski definition) is 1. The van der Waals surface area contributed by atoms with E-state index in [0.717, 1.165) is 19.5 Å². The first-order valence-electron chi connectivity index (χ1n) is 7.60. The molecule has 0 spiro atoms. The largest absolute Gasteiger partial charge is 0.338 e. The minimum absolute atomic E-state index is 0.370. The number of likely N-dealkylation sites (tertiary alicyclic amines) is 1. The molecule has 0 aliphatic carbocycles. The van der Waals surface area contributed by atoms with Crippen LogP contribution in [0.3, 0.4) is 0 Å². The van der Waals surface area contributed by atoms with E-state index in [0.29, 0.717) is 18.0 Å². The Morgan fingerprint density at radius 2 is 2.00 bits per heavy atom. The molecule has 4 heteroatoms. The summed E-state index contributed by atoms with van der Waals surface area (Å²) in [6, 6.07) is 0.933. The van der Waals surface area contributed by atoms with Gasteiger partial charge in [0, 0.05) is 25.0 Å². The van der Waals surface area contributed by atoms with Crippen molar-refractivity contribution >= 4 is 5.91 Å². The molecule has 1 amide bonds. The zero-order chi connectivity index (χ0) is 12.4. The lowest BCUT2D eigenvalue weighted by Crippen LogP contribution is -2.40. The molecule has 4 nitrogen and oxygen atoms in total. The van der Waals surface area contributed by atoms with E-state index in [2.05, 4.69) is 15.1 Å². The van der Waals surface area contributed by atoms with Crippen molar-refractivity contribution in [2.75, 3.05) is 32.7 Å². The molecule has 2 atom stereocenters. The number of nitrogens with one attached hydrogen (secondary N) is 1. The van der Waals surface area contributed by atoms with Crippen LogP contribution in [0.1, 0.15) is 38.5 Å². The van der Waals surface area contributed by atoms with E-state index in [9.17, 15) is 4.79 Å². The molecule has 3 aliphatic heterocycles. The van der Waals surface area contributed by atoms with Gasteiger partial charge in [-0.15, -0.1) is 0 Å². The fraction of sp³-hybridized carbons (Fsp3) is 0.929. The van der Waals surface area contributed by atoms with Crippen molar-refractivity contribution in [1.82, 2.24) is 15.1 Å². The van der Waals surface area contributed by atoms with Gasteiger partial charge in [-0.25, -0.2) is 0 Å². The standard InChI is InChI=1S/C14H25N3O/c18-14-11-12(13-5-3-10-17(13)14)15-6-4-9-16-7-1-2-8-16/h12-13,15H,1-11H2. The first-order chi connectivity index (χ1) is 8.84. The molecule has 3 fully saturated rings. The van der Waals surface area contributed by atoms with Gasteiger partial charge in [-0.3, -0.25) is 4.79 Å². The van der Waals surface area contributed by atoms with Crippen LogP contribution in [0.5, 0.6) is 0 Å². The normalized spacial score (nSPS) is 32.4. The van der Waals surface area contributed by atoms with E-state index >= 15 is 0 Å². The molecule has 0 aromatic heterocycles. The van der Waals surface area contributed by atoms with Gasteiger partial charge in [0.15, 0.2) is 0 Å². The second-order valence-electron chi connectivity index (χ2n) is 5.96. The Bertz CT molecular complexity index is 301. The number of amides is 1. The topological polar surface area (TPSA) is 35.6 Å². The summed E-state index contributed by atoms with van der Waals surface area (Å²) < 4.78 is 0. The molecule has 0 saturated carbocycles. The quantitative estimate of drug-likeness (QED) is 0.735. The zero-order valence-electron chi connectivity index (χ0n) is 11.2. The highest BCUT2D eigenvalue weighted by Crippen LogP contribution is 2.28. The number of hydrogen-bond acceptors (Lipinski definition) is 3. The highest BCUT2D eigenvalue weighted by atomic mass is 16.2. The summed E-state index contributed by atoms with van der Waals surface area (Å²) in [6.07, 6.45) is 7.10. The van der Waals surface area contributed by atoms with Gasteiger partial charge >= 0.3 is 0 Å². The highest BCUT2D eigenvalue weighted by Gasteiger charge is 2.41. The summed E-state index contributed by atoms with van der Waals surface area (Å²) >= 11 is 0. The Labute approximate surface area is 110 Å². The molecule has 0 bridgehead atoms. The summed E-state index contributed by atoms with van der Waals surface area (Å²) in [5.41, 5.74) is 0. The minimum atomic E-state index is 0.370. The Kier molecular flexibility index (Phi) is 3.85. The van der Waals surface area contributed by atoms with Crippen molar-refractivity contribution in [2.24, 2.45) is 0 Å². The van der Waals surface area contributed by atoms with Gasteiger partial charge < -0.3 is 15.1 Å². The predicted molar refractivity (Wildman–Crippen MR) is 71.4 cm³/mol. The van der Waals surface area contributed by atoms with Crippen LogP contribution in [0.15, 0.2) is 0 Å². The van der Waals surface area contributed by atoms with Crippen molar-refractivity contribution in [1.29, 1.82) is 0 Å². The number of fused-ring (bicyclic) bond motifs is 1. The van der Waals surface area contributed by atoms with Crippen LogP contribution in [0.2, 0.25) is 0 Å². The maximum atomic E-state index is 11.8. The summed E-state index contributed by atoms with van der Waals surface area (Å²) in [6.45, 7) is 5.87. The summed E-state index contributed by atoms with van der Waals surface area (Å²) in [4.78, 5) is 16.4. The molecule has 0 aromatic carbocycles.